The Kier molecular flexibility index (Phi) is 8.13. The smallest absolute Gasteiger partial charge is 0.407 e. The molecule has 1 heterocycles. The number of likely N-dealkylation sites (tertiary alicyclic amines) is 1. The number of carbonyl (C=O) groups excluding carboxylic acids is 2. The summed E-state index contributed by atoms with van der Waals surface area (Å²) in [6.07, 6.45) is -0.674. The molecule has 5 rings (SSSR count). The molecule has 2 atom stereocenters. The number of hydrogen-bond acceptors (Lipinski definition) is 5. The zero-order valence-corrected chi connectivity index (χ0v) is 23.7. The molecule has 8 nitrogen and oxygen atoms in total. The monoisotopic (exact) mass is 555 g/mol. The van der Waals surface area contributed by atoms with E-state index in [1.165, 1.54) is 0 Å². The van der Waals surface area contributed by atoms with Crippen LogP contribution in [0.15, 0.2) is 78.9 Å². The third kappa shape index (κ3) is 6.12. The van der Waals surface area contributed by atoms with Gasteiger partial charge in [0.05, 0.1) is 5.92 Å². The number of amides is 2. The minimum atomic E-state index is -0.924. The Hall–Kier alpha value is -4.17. The first kappa shape index (κ1) is 28.4. The number of nitrogens with zero attached hydrogens (tertiary/aromatic N) is 2. The number of hydrogen-bond donors (Lipinski definition) is 2. The number of carboxylic acid groups (broad SMARTS) is 1. The van der Waals surface area contributed by atoms with E-state index in [0.717, 1.165) is 27.8 Å². The van der Waals surface area contributed by atoms with Gasteiger partial charge in [0.1, 0.15) is 12.6 Å². The van der Waals surface area contributed by atoms with E-state index in [2.05, 4.69) is 29.6 Å². The minimum absolute atomic E-state index is 0.0984. The highest BCUT2D eigenvalue weighted by atomic mass is 16.5. The molecule has 1 aliphatic carbocycles. The number of carboxylic acids is 1. The van der Waals surface area contributed by atoms with E-state index in [-0.39, 0.29) is 31.5 Å². The van der Waals surface area contributed by atoms with E-state index in [9.17, 15) is 19.5 Å². The first-order chi connectivity index (χ1) is 19.6. The molecule has 0 spiro atoms. The standard InChI is InChI=1S/C33H37N3O5/c1-33(2)21-36(18-28(33)31(38)39)30(37)29(19-35(3)17-22-11-5-4-6-12-22)34-32(40)41-20-27-25-15-9-7-13-23(25)24-14-8-10-16-26(24)27/h4-16,27-29H,17-21H2,1-3H3,(H,34,40)(H,38,39). The van der Waals surface area contributed by atoms with Gasteiger partial charge in [-0.1, -0.05) is 92.7 Å². The molecule has 2 unspecified atom stereocenters. The quantitative estimate of drug-likeness (QED) is 0.401. The van der Waals surface area contributed by atoms with Crippen molar-refractivity contribution in [1.82, 2.24) is 15.1 Å². The number of benzene rings is 3. The fourth-order valence-corrected chi connectivity index (χ4v) is 6.17. The van der Waals surface area contributed by atoms with Gasteiger partial charge < -0.3 is 20.1 Å². The molecule has 3 aromatic rings. The lowest BCUT2D eigenvalue weighted by Crippen LogP contribution is -2.53. The van der Waals surface area contributed by atoms with Crippen LogP contribution in [0.2, 0.25) is 0 Å². The van der Waals surface area contributed by atoms with Crippen LogP contribution in [0, 0.1) is 11.3 Å². The molecule has 2 aliphatic rings. The minimum Gasteiger partial charge on any atom is -0.481 e. The Bertz CT molecular complexity index is 1380. The summed E-state index contributed by atoms with van der Waals surface area (Å²) in [5.74, 6) is -2.01. The summed E-state index contributed by atoms with van der Waals surface area (Å²) >= 11 is 0. The van der Waals surface area contributed by atoms with Crippen LogP contribution in [0.25, 0.3) is 11.1 Å². The largest absolute Gasteiger partial charge is 0.481 e. The second-order valence-electron chi connectivity index (χ2n) is 11.8. The van der Waals surface area contributed by atoms with Crippen LogP contribution in [0.4, 0.5) is 4.79 Å². The Morgan fingerprint density at radius 2 is 1.56 bits per heavy atom. The van der Waals surface area contributed by atoms with Crippen LogP contribution in [0.1, 0.15) is 36.5 Å². The van der Waals surface area contributed by atoms with Gasteiger partial charge in [0, 0.05) is 32.1 Å². The molecule has 0 saturated carbocycles. The van der Waals surface area contributed by atoms with Crippen molar-refractivity contribution in [1.29, 1.82) is 0 Å². The molecule has 214 valence electrons. The van der Waals surface area contributed by atoms with Gasteiger partial charge in [-0.3, -0.25) is 14.5 Å². The van der Waals surface area contributed by atoms with E-state index in [4.69, 9.17) is 4.74 Å². The Morgan fingerprint density at radius 1 is 0.976 bits per heavy atom. The van der Waals surface area contributed by atoms with E-state index >= 15 is 0 Å². The molecule has 0 radical (unpaired) electrons. The molecule has 3 aromatic carbocycles. The van der Waals surface area contributed by atoms with Gasteiger partial charge in [-0.05, 0) is 40.3 Å². The SMILES string of the molecule is CN(Cc1ccccc1)CC(NC(=O)OCC1c2ccccc2-c2ccccc21)C(=O)N1CC(C(=O)O)C(C)(C)C1. The third-order valence-electron chi connectivity index (χ3n) is 8.28. The lowest BCUT2D eigenvalue weighted by Gasteiger charge is -2.28. The lowest BCUT2D eigenvalue weighted by molar-refractivity contribution is -0.144. The average Bonchev–Trinajstić information content (AvgIpc) is 3.45. The first-order valence-electron chi connectivity index (χ1n) is 14.0. The molecule has 2 N–H and O–H groups in total. The second-order valence-corrected chi connectivity index (χ2v) is 11.8. The summed E-state index contributed by atoms with van der Waals surface area (Å²) in [5.41, 5.74) is 4.99. The molecule has 8 heteroatoms. The summed E-state index contributed by atoms with van der Waals surface area (Å²) in [4.78, 5) is 42.3. The Balaban J connectivity index is 1.29. The highest BCUT2D eigenvalue weighted by Crippen LogP contribution is 2.44. The maximum absolute atomic E-state index is 13.7. The van der Waals surface area contributed by atoms with Crippen LogP contribution in [-0.2, 0) is 20.9 Å². The molecule has 0 aromatic heterocycles. The first-order valence-corrected chi connectivity index (χ1v) is 14.0. The highest BCUT2D eigenvalue weighted by Gasteiger charge is 2.46. The number of rotatable bonds is 9. The van der Waals surface area contributed by atoms with Crippen molar-refractivity contribution in [2.75, 3.05) is 33.3 Å². The van der Waals surface area contributed by atoms with Crippen molar-refractivity contribution in [3.05, 3.63) is 95.6 Å². The molecule has 2 amide bonds. The van der Waals surface area contributed by atoms with Gasteiger partial charge in [0.15, 0.2) is 0 Å². The summed E-state index contributed by atoms with van der Waals surface area (Å²) in [5, 5.41) is 12.5. The molecule has 1 fully saturated rings. The molecule has 41 heavy (non-hydrogen) atoms. The Labute approximate surface area is 240 Å². The fourth-order valence-electron chi connectivity index (χ4n) is 6.17. The van der Waals surface area contributed by atoms with E-state index in [0.29, 0.717) is 13.1 Å². The van der Waals surface area contributed by atoms with Crippen LogP contribution in [0.5, 0.6) is 0 Å². The molecular weight excluding hydrogens is 518 g/mol. The van der Waals surface area contributed by atoms with Crippen molar-refractivity contribution in [2.45, 2.75) is 32.4 Å². The molecule has 1 aliphatic heterocycles. The normalized spacial score (nSPS) is 18.0. The number of carbonyl (C=O) groups is 3. The zero-order valence-electron chi connectivity index (χ0n) is 23.7. The number of aliphatic carboxylic acids is 1. The van der Waals surface area contributed by atoms with Gasteiger partial charge in [0.25, 0.3) is 0 Å². The summed E-state index contributed by atoms with van der Waals surface area (Å²) in [6.45, 7) is 5.08. The maximum Gasteiger partial charge on any atom is 0.407 e. The topological polar surface area (TPSA) is 99.2 Å². The van der Waals surface area contributed by atoms with Crippen LogP contribution in [0.3, 0.4) is 0 Å². The van der Waals surface area contributed by atoms with Gasteiger partial charge in [-0.2, -0.15) is 0 Å². The van der Waals surface area contributed by atoms with E-state index in [1.807, 2.05) is 80.4 Å². The van der Waals surface area contributed by atoms with Crippen molar-refractivity contribution < 1.29 is 24.2 Å². The fraction of sp³-hybridized carbons (Fsp3) is 0.364. The molecular formula is C33H37N3O5. The van der Waals surface area contributed by atoms with Gasteiger partial charge >= 0.3 is 12.1 Å². The van der Waals surface area contributed by atoms with E-state index in [1.54, 1.807) is 4.90 Å². The number of alkyl carbamates (subject to hydrolysis) is 1. The second kappa shape index (κ2) is 11.7. The third-order valence-corrected chi connectivity index (χ3v) is 8.28. The molecule has 1 saturated heterocycles. The van der Waals surface area contributed by atoms with Crippen LogP contribution in [-0.4, -0.2) is 72.2 Å². The van der Waals surface area contributed by atoms with Crippen molar-refractivity contribution in [2.24, 2.45) is 11.3 Å². The average molecular weight is 556 g/mol. The number of fused-ring (bicyclic) bond motifs is 3. The number of ether oxygens (including phenoxy) is 1. The highest BCUT2D eigenvalue weighted by molar-refractivity contribution is 5.87. The number of nitrogens with one attached hydrogen (secondary N) is 1. The van der Waals surface area contributed by atoms with Crippen molar-refractivity contribution in [3.63, 3.8) is 0 Å². The van der Waals surface area contributed by atoms with Gasteiger partial charge in [-0.25, -0.2) is 4.79 Å². The van der Waals surface area contributed by atoms with Crippen LogP contribution >= 0.6 is 0 Å². The van der Waals surface area contributed by atoms with E-state index < -0.39 is 29.4 Å². The van der Waals surface area contributed by atoms with Gasteiger partial charge in [-0.15, -0.1) is 0 Å². The zero-order chi connectivity index (χ0) is 29.1. The summed E-state index contributed by atoms with van der Waals surface area (Å²) in [6, 6.07) is 25.2. The number of likely N-dealkylation sites (N-methyl/N-ethyl adjacent to an activating group) is 1. The summed E-state index contributed by atoms with van der Waals surface area (Å²) in [7, 11) is 1.89. The predicted molar refractivity (Wildman–Crippen MR) is 156 cm³/mol. The van der Waals surface area contributed by atoms with Gasteiger partial charge in [0.2, 0.25) is 5.91 Å². The summed E-state index contributed by atoms with van der Waals surface area (Å²) < 4.78 is 5.75. The Morgan fingerprint density at radius 3 is 2.15 bits per heavy atom. The van der Waals surface area contributed by atoms with Crippen molar-refractivity contribution in [3.8, 4) is 11.1 Å². The van der Waals surface area contributed by atoms with Crippen molar-refractivity contribution >= 4 is 18.0 Å². The lowest BCUT2D eigenvalue weighted by atomic mass is 9.82. The van der Waals surface area contributed by atoms with Crippen LogP contribution < -0.4 is 5.32 Å². The maximum atomic E-state index is 13.7. The molecule has 0 bridgehead atoms. The predicted octanol–water partition coefficient (Wildman–Crippen LogP) is 4.59.